The fraction of sp³-hybridized carbons (Fsp3) is 0.400. The Morgan fingerprint density at radius 1 is 1.33 bits per heavy atom. The standard InChI is InChI=1S/C15H19N3O3/c1-4-17(5-2)14(19)10(3)18-9-16-12-8-6-7-11(13(12)18)15(20)21/h6-10H,4-5H2,1-3H3,(H,20,21). The van der Waals surface area contributed by atoms with Crippen LogP contribution in [-0.2, 0) is 4.79 Å². The Morgan fingerprint density at radius 2 is 2.00 bits per heavy atom. The number of nitrogens with zero attached hydrogens (tertiary/aromatic N) is 3. The van der Waals surface area contributed by atoms with Gasteiger partial charge in [0, 0.05) is 13.1 Å². The molecule has 0 aliphatic heterocycles. The lowest BCUT2D eigenvalue weighted by Gasteiger charge is -2.24. The molecule has 1 heterocycles. The summed E-state index contributed by atoms with van der Waals surface area (Å²) in [7, 11) is 0. The third kappa shape index (κ3) is 2.61. The lowest BCUT2D eigenvalue weighted by Crippen LogP contribution is -2.35. The van der Waals surface area contributed by atoms with Gasteiger partial charge < -0.3 is 14.6 Å². The second-order valence-electron chi connectivity index (χ2n) is 4.82. The van der Waals surface area contributed by atoms with Crippen LogP contribution in [0.1, 0.15) is 37.2 Å². The lowest BCUT2D eigenvalue weighted by molar-refractivity contribution is -0.133. The number of rotatable bonds is 5. The molecule has 1 unspecified atom stereocenters. The van der Waals surface area contributed by atoms with E-state index >= 15 is 0 Å². The van der Waals surface area contributed by atoms with Crippen LogP contribution in [-0.4, -0.2) is 44.5 Å². The summed E-state index contributed by atoms with van der Waals surface area (Å²) in [4.78, 5) is 29.8. The molecule has 1 amide bonds. The Balaban J connectivity index is 2.52. The van der Waals surface area contributed by atoms with Crippen LogP contribution in [0.25, 0.3) is 11.0 Å². The van der Waals surface area contributed by atoms with E-state index in [1.54, 1.807) is 28.5 Å². The fourth-order valence-corrected chi connectivity index (χ4v) is 2.47. The van der Waals surface area contributed by atoms with Gasteiger partial charge in [-0.3, -0.25) is 4.79 Å². The molecule has 0 spiro atoms. The van der Waals surface area contributed by atoms with Crippen molar-refractivity contribution in [2.75, 3.05) is 13.1 Å². The summed E-state index contributed by atoms with van der Waals surface area (Å²) >= 11 is 0. The van der Waals surface area contributed by atoms with Gasteiger partial charge in [0.2, 0.25) is 5.91 Å². The van der Waals surface area contributed by atoms with E-state index in [1.807, 2.05) is 13.8 Å². The first-order valence-electron chi connectivity index (χ1n) is 6.98. The van der Waals surface area contributed by atoms with Gasteiger partial charge in [0.05, 0.1) is 22.9 Å². The van der Waals surface area contributed by atoms with E-state index in [2.05, 4.69) is 4.98 Å². The van der Waals surface area contributed by atoms with Gasteiger partial charge in [-0.15, -0.1) is 0 Å². The summed E-state index contributed by atoms with van der Waals surface area (Å²) < 4.78 is 1.64. The molecule has 0 radical (unpaired) electrons. The number of carbonyl (C=O) groups excluding carboxylic acids is 1. The topological polar surface area (TPSA) is 75.4 Å². The molecule has 0 aliphatic carbocycles. The smallest absolute Gasteiger partial charge is 0.337 e. The summed E-state index contributed by atoms with van der Waals surface area (Å²) in [6.07, 6.45) is 1.53. The van der Waals surface area contributed by atoms with Crippen molar-refractivity contribution in [1.82, 2.24) is 14.5 Å². The van der Waals surface area contributed by atoms with Crippen molar-refractivity contribution in [2.24, 2.45) is 0 Å². The SMILES string of the molecule is CCN(CC)C(=O)C(C)n1cnc2cccc(C(=O)O)c21. The number of hydrogen-bond acceptors (Lipinski definition) is 3. The Hall–Kier alpha value is -2.37. The molecule has 2 aromatic rings. The number of carboxylic acid groups (broad SMARTS) is 1. The number of fused-ring (bicyclic) bond motifs is 1. The molecule has 1 atom stereocenters. The first-order valence-corrected chi connectivity index (χ1v) is 6.98. The van der Waals surface area contributed by atoms with Crippen LogP contribution in [0.4, 0.5) is 0 Å². The molecule has 0 saturated carbocycles. The predicted molar refractivity (Wildman–Crippen MR) is 79.3 cm³/mol. The molecule has 0 aliphatic rings. The number of likely N-dealkylation sites (N-methyl/N-ethyl adjacent to an activating group) is 1. The van der Waals surface area contributed by atoms with E-state index in [0.717, 1.165) is 0 Å². The van der Waals surface area contributed by atoms with Crippen LogP contribution in [0.15, 0.2) is 24.5 Å². The molecule has 1 aromatic carbocycles. The average molecular weight is 289 g/mol. The Morgan fingerprint density at radius 3 is 2.57 bits per heavy atom. The third-order valence-corrected chi connectivity index (χ3v) is 3.67. The number of benzene rings is 1. The van der Waals surface area contributed by atoms with E-state index < -0.39 is 12.0 Å². The normalized spacial score (nSPS) is 12.3. The minimum Gasteiger partial charge on any atom is -0.478 e. The molecule has 1 N–H and O–H groups in total. The highest BCUT2D eigenvalue weighted by molar-refractivity contribution is 6.01. The predicted octanol–water partition coefficient (Wildman–Crippen LogP) is 2.16. The number of aromatic carboxylic acids is 1. The average Bonchev–Trinajstić information content (AvgIpc) is 2.91. The third-order valence-electron chi connectivity index (χ3n) is 3.67. The minimum absolute atomic E-state index is 0.0421. The molecule has 21 heavy (non-hydrogen) atoms. The van der Waals surface area contributed by atoms with E-state index in [-0.39, 0.29) is 11.5 Å². The van der Waals surface area contributed by atoms with Gasteiger partial charge in [-0.1, -0.05) is 6.07 Å². The molecule has 0 fully saturated rings. The monoisotopic (exact) mass is 289 g/mol. The number of carboxylic acids is 1. The van der Waals surface area contributed by atoms with Gasteiger partial charge in [-0.05, 0) is 32.9 Å². The van der Waals surface area contributed by atoms with Crippen molar-refractivity contribution in [2.45, 2.75) is 26.8 Å². The highest BCUT2D eigenvalue weighted by Gasteiger charge is 2.23. The van der Waals surface area contributed by atoms with Crippen molar-refractivity contribution in [3.8, 4) is 0 Å². The number of imidazole rings is 1. The van der Waals surface area contributed by atoms with Gasteiger partial charge in [0.15, 0.2) is 0 Å². The molecule has 0 saturated heterocycles. The van der Waals surface area contributed by atoms with Gasteiger partial charge in [0.25, 0.3) is 0 Å². The Labute approximate surface area is 123 Å². The van der Waals surface area contributed by atoms with Gasteiger partial charge >= 0.3 is 5.97 Å². The molecule has 0 bridgehead atoms. The summed E-state index contributed by atoms with van der Waals surface area (Å²) in [6, 6.07) is 4.43. The molecular formula is C15H19N3O3. The van der Waals surface area contributed by atoms with Crippen molar-refractivity contribution in [1.29, 1.82) is 0 Å². The van der Waals surface area contributed by atoms with Crippen LogP contribution < -0.4 is 0 Å². The number of para-hydroxylation sites is 1. The molecule has 112 valence electrons. The highest BCUT2D eigenvalue weighted by Crippen LogP contribution is 2.23. The molecular weight excluding hydrogens is 270 g/mol. The Kier molecular flexibility index (Phi) is 4.26. The summed E-state index contributed by atoms with van der Waals surface area (Å²) in [5.74, 6) is -1.07. The molecule has 6 heteroatoms. The zero-order valence-corrected chi connectivity index (χ0v) is 12.4. The van der Waals surface area contributed by atoms with Crippen molar-refractivity contribution in [3.05, 3.63) is 30.1 Å². The minimum atomic E-state index is -1.02. The largest absolute Gasteiger partial charge is 0.478 e. The highest BCUT2D eigenvalue weighted by atomic mass is 16.4. The quantitative estimate of drug-likeness (QED) is 0.915. The fourth-order valence-electron chi connectivity index (χ4n) is 2.47. The lowest BCUT2D eigenvalue weighted by atomic mass is 10.1. The van der Waals surface area contributed by atoms with Crippen molar-refractivity contribution >= 4 is 22.9 Å². The zero-order chi connectivity index (χ0) is 15.6. The molecule has 1 aromatic heterocycles. The molecule has 6 nitrogen and oxygen atoms in total. The first kappa shape index (κ1) is 15.0. The summed E-state index contributed by atoms with van der Waals surface area (Å²) in [5.41, 5.74) is 1.22. The van der Waals surface area contributed by atoms with Gasteiger partial charge in [0.1, 0.15) is 6.04 Å². The maximum absolute atomic E-state index is 12.5. The van der Waals surface area contributed by atoms with Crippen LogP contribution in [0, 0.1) is 0 Å². The van der Waals surface area contributed by atoms with Crippen LogP contribution in [0.3, 0.4) is 0 Å². The van der Waals surface area contributed by atoms with Crippen molar-refractivity contribution < 1.29 is 14.7 Å². The van der Waals surface area contributed by atoms with Crippen LogP contribution in [0.2, 0.25) is 0 Å². The maximum atomic E-state index is 12.5. The second kappa shape index (κ2) is 5.95. The second-order valence-corrected chi connectivity index (χ2v) is 4.82. The first-order chi connectivity index (χ1) is 10.0. The van der Waals surface area contributed by atoms with Crippen molar-refractivity contribution in [3.63, 3.8) is 0 Å². The van der Waals surface area contributed by atoms with E-state index in [0.29, 0.717) is 24.1 Å². The van der Waals surface area contributed by atoms with E-state index in [4.69, 9.17) is 0 Å². The van der Waals surface area contributed by atoms with E-state index in [1.165, 1.54) is 12.4 Å². The van der Waals surface area contributed by atoms with Crippen LogP contribution in [0.5, 0.6) is 0 Å². The number of carbonyl (C=O) groups is 2. The Bertz CT molecular complexity index is 674. The summed E-state index contributed by atoms with van der Waals surface area (Å²) in [5, 5.41) is 9.31. The number of amides is 1. The van der Waals surface area contributed by atoms with Gasteiger partial charge in [-0.2, -0.15) is 0 Å². The van der Waals surface area contributed by atoms with Gasteiger partial charge in [-0.25, -0.2) is 9.78 Å². The molecule has 2 rings (SSSR count). The van der Waals surface area contributed by atoms with E-state index in [9.17, 15) is 14.7 Å². The number of hydrogen-bond donors (Lipinski definition) is 1. The maximum Gasteiger partial charge on any atom is 0.337 e. The number of aromatic nitrogens is 2. The zero-order valence-electron chi connectivity index (χ0n) is 12.4. The summed E-state index contributed by atoms with van der Waals surface area (Å²) in [6.45, 7) is 6.85. The van der Waals surface area contributed by atoms with Crippen LogP contribution >= 0.6 is 0 Å².